The molecule has 1 atom stereocenters. The molecule has 0 aromatic heterocycles. The van der Waals surface area contributed by atoms with E-state index < -0.39 is 0 Å². The largest absolute Gasteiger partial charge is 0.493 e. The lowest BCUT2D eigenvalue weighted by Gasteiger charge is -2.12. The van der Waals surface area contributed by atoms with Crippen molar-refractivity contribution >= 4 is 11.6 Å². The van der Waals surface area contributed by atoms with E-state index >= 15 is 0 Å². The van der Waals surface area contributed by atoms with Gasteiger partial charge in [0.1, 0.15) is 5.75 Å². The predicted molar refractivity (Wildman–Crippen MR) is 81.9 cm³/mol. The Hall–Kier alpha value is -1.71. The quantitative estimate of drug-likeness (QED) is 0.904. The molecule has 0 heterocycles. The molecule has 0 bridgehead atoms. The summed E-state index contributed by atoms with van der Waals surface area (Å²) in [7, 11) is 1.61. The van der Waals surface area contributed by atoms with Crippen molar-refractivity contribution in [1.29, 1.82) is 0 Å². The number of hydrogen-bond donors (Lipinski definition) is 1. The normalized spacial score (nSPS) is 12.0. The molecule has 20 heavy (non-hydrogen) atoms. The summed E-state index contributed by atoms with van der Waals surface area (Å²) in [6.45, 7) is 1.95. The highest BCUT2D eigenvalue weighted by Crippen LogP contribution is 2.32. The molecule has 3 nitrogen and oxygen atoms in total. The Balaban J connectivity index is 2.20. The Kier molecular flexibility index (Phi) is 4.88. The minimum atomic E-state index is 0.0773. The summed E-state index contributed by atoms with van der Waals surface area (Å²) in [6, 6.07) is 13.2. The molecular formula is C16H18ClNO2. The molecular weight excluding hydrogens is 274 g/mol. The molecule has 4 heteroatoms. The van der Waals surface area contributed by atoms with Crippen LogP contribution in [0, 0.1) is 0 Å². The smallest absolute Gasteiger partial charge is 0.169 e. The van der Waals surface area contributed by atoms with Gasteiger partial charge < -0.3 is 15.2 Å². The maximum Gasteiger partial charge on any atom is 0.169 e. The minimum absolute atomic E-state index is 0.0773. The van der Waals surface area contributed by atoms with Crippen LogP contribution in [-0.2, 0) is 6.42 Å². The standard InChI is InChI=1S/C16H18ClNO2/c1-11(18)9-12-7-8-13(10-14(12)17)20-16-6-4-3-5-15(16)19-2/h3-8,10-11H,9,18H2,1-2H3. The van der Waals surface area contributed by atoms with E-state index in [0.29, 0.717) is 22.3 Å². The third kappa shape index (κ3) is 3.65. The second kappa shape index (κ2) is 6.64. The maximum absolute atomic E-state index is 6.25. The van der Waals surface area contributed by atoms with E-state index in [1.807, 2.05) is 43.3 Å². The van der Waals surface area contributed by atoms with Crippen LogP contribution in [0.1, 0.15) is 12.5 Å². The monoisotopic (exact) mass is 291 g/mol. The van der Waals surface area contributed by atoms with Gasteiger partial charge in [-0.1, -0.05) is 29.8 Å². The number of para-hydroxylation sites is 2. The highest BCUT2D eigenvalue weighted by atomic mass is 35.5. The Morgan fingerprint density at radius 1 is 1.15 bits per heavy atom. The molecule has 0 radical (unpaired) electrons. The van der Waals surface area contributed by atoms with Crippen molar-refractivity contribution in [3.8, 4) is 17.2 Å². The molecule has 0 aliphatic carbocycles. The number of nitrogens with two attached hydrogens (primary N) is 1. The molecule has 0 fully saturated rings. The van der Waals surface area contributed by atoms with Gasteiger partial charge in [0, 0.05) is 11.1 Å². The van der Waals surface area contributed by atoms with E-state index in [9.17, 15) is 0 Å². The van der Waals surface area contributed by atoms with Gasteiger partial charge in [-0.05, 0) is 43.2 Å². The molecule has 0 aliphatic heterocycles. The van der Waals surface area contributed by atoms with Crippen LogP contribution in [0.5, 0.6) is 17.2 Å². The summed E-state index contributed by atoms with van der Waals surface area (Å²) in [5, 5.41) is 0.662. The molecule has 0 aliphatic rings. The second-order valence-electron chi connectivity index (χ2n) is 4.69. The lowest BCUT2D eigenvalue weighted by atomic mass is 10.1. The van der Waals surface area contributed by atoms with Gasteiger partial charge in [0.25, 0.3) is 0 Å². The predicted octanol–water partition coefficient (Wildman–Crippen LogP) is 4.03. The van der Waals surface area contributed by atoms with Gasteiger partial charge in [0.05, 0.1) is 7.11 Å². The summed E-state index contributed by atoms with van der Waals surface area (Å²) in [4.78, 5) is 0. The molecule has 106 valence electrons. The summed E-state index contributed by atoms with van der Waals surface area (Å²) in [5.74, 6) is 2.02. The maximum atomic E-state index is 6.25. The molecule has 0 saturated heterocycles. The Labute approximate surface area is 124 Å². The topological polar surface area (TPSA) is 44.5 Å². The van der Waals surface area contributed by atoms with Crippen LogP contribution in [0.4, 0.5) is 0 Å². The van der Waals surface area contributed by atoms with E-state index in [0.717, 1.165) is 12.0 Å². The van der Waals surface area contributed by atoms with Gasteiger partial charge in [0.2, 0.25) is 0 Å². The number of rotatable bonds is 5. The van der Waals surface area contributed by atoms with E-state index in [1.54, 1.807) is 13.2 Å². The number of halogens is 1. The summed E-state index contributed by atoms with van der Waals surface area (Å²) in [6.07, 6.45) is 0.744. The molecule has 2 aromatic rings. The van der Waals surface area contributed by atoms with Crippen LogP contribution in [-0.4, -0.2) is 13.2 Å². The number of hydrogen-bond acceptors (Lipinski definition) is 3. The van der Waals surface area contributed by atoms with Crippen molar-refractivity contribution in [3.63, 3.8) is 0 Å². The summed E-state index contributed by atoms with van der Waals surface area (Å²) >= 11 is 6.25. The van der Waals surface area contributed by atoms with E-state index in [-0.39, 0.29) is 6.04 Å². The van der Waals surface area contributed by atoms with Crippen molar-refractivity contribution < 1.29 is 9.47 Å². The summed E-state index contributed by atoms with van der Waals surface area (Å²) < 4.78 is 11.1. The molecule has 0 amide bonds. The molecule has 0 saturated carbocycles. The third-order valence-corrected chi connectivity index (χ3v) is 3.22. The number of methoxy groups -OCH3 is 1. The second-order valence-corrected chi connectivity index (χ2v) is 5.09. The Bertz CT molecular complexity index is 584. The summed E-state index contributed by atoms with van der Waals surface area (Å²) in [5.41, 5.74) is 6.81. The Morgan fingerprint density at radius 3 is 2.45 bits per heavy atom. The van der Waals surface area contributed by atoms with Crippen LogP contribution in [0.25, 0.3) is 0 Å². The first-order valence-electron chi connectivity index (χ1n) is 6.45. The minimum Gasteiger partial charge on any atom is -0.493 e. The van der Waals surface area contributed by atoms with Crippen LogP contribution >= 0.6 is 11.6 Å². The average molecular weight is 292 g/mol. The van der Waals surface area contributed by atoms with Gasteiger partial charge in [0.15, 0.2) is 11.5 Å². The van der Waals surface area contributed by atoms with E-state index in [1.165, 1.54) is 0 Å². The van der Waals surface area contributed by atoms with Crippen molar-refractivity contribution in [2.24, 2.45) is 5.73 Å². The van der Waals surface area contributed by atoms with Crippen LogP contribution < -0.4 is 15.2 Å². The van der Waals surface area contributed by atoms with E-state index in [4.69, 9.17) is 26.8 Å². The third-order valence-electron chi connectivity index (χ3n) is 2.86. The van der Waals surface area contributed by atoms with Crippen LogP contribution in [0.2, 0.25) is 5.02 Å². The number of benzene rings is 2. The van der Waals surface area contributed by atoms with Crippen molar-refractivity contribution in [1.82, 2.24) is 0 Å². The molecule has 2 N–H and O–H groups in total. The lowest BCUT2D eigenvalue weighted by Crippen LogP contribution is -2.17. The highest BCUT2D eigenvalue weighted by molar-refractivity contribution is 6.31. The zero-order valence-corrected chi connectivity index (χ0v) is 12.4. The van der Waals surface area contributed by atoms with Gasteiger partial charge >= 0.3 is 0 Å². The van der Waals surface area contributed by atoms with Gasteiger partial charge in [-0.15, -0.1) is 0 Å². The van der Waals surface area contributed by atoms with Crippen LogP contribution in [0.3, 0.4) is 0 Å². The average Bonchev–Trinajstić information content (AvgIpc) is 2.42. The molecule has 2 aromatic carbocycles. The number of ether oxygens (including phenoxy) is 2. The van der Waals surface area contributed by atoms with Gasteiger partial charge in [-0.3, -0.25) is 0 Å². The first-order valence-corrected chi connectivity index (χ1v) is 6.83. The van der Waals surface area contributed by atoms with Gasteiger partial charge in [-0.2, -0.15) is 0 Å². The van der Waals surface area contributed by atoms with Crippen molar-refractivity contribution in [3.05, 3.63) is 53.1 Å². The molecule has 2 rings (SSSR count). The fraction of sp³-hybridized carbons (Fsp3) is 0.250. The lowest BCUT2D eigenvalue weighted by molar-refractivity contribution is 0.379. The molecule has 0 spiro atoms. The zero-order chi connectivity index (χ0) is 14.5. The van der Waals surface area contributed by atoms with Crippen LogP contribution in [0.15, 0.2) is 42.5 Å². The SMILES string of the molecule is COc1ccccc1Oc1ccc(CC(C)N)c(Cl)c1. The zero-order valence-electron chi connectivity index (χ0n) is 11.6. The fourth-order valence-electron chi connectivity index (χ4n) is 1.93. The highest BCUT2D eigenvalue weighted by Gasteiger charge is 2.08. The van der Waals surface area contributed by atoms with Crippen molar-refractivity contribution in [2.75, 3.05) is 7.11 Å². The molecule has 1 unspecified atom stereocenters. The Morgan fingerprint density at radius 2 is 1.85 bits per heavy atom. The first-order chi connectivity index (χ1) is 9.60. The van der Waals surface area contributed by atoms with Crippen molar-refractivity contribution in [2.45, 2.75) is 19.4 Å². The fourth-order valence-corrected chi connectivity index (χ4v) is 2.18. The van der Waals surface area contributed by atoms with Gasteiger partial charge in [-0.25, -0.2) is 0 Å². The van der Waals surface area contributed by atoms with E-state index in [2.05, 4.69) is 0 Å². The first kappa shape index (κ1) is 14.7.